The number of benzene rings is 2. The molecule has 0 saturated carbocycles. The Labute approximate surface area is 166 Å². The van der Waals surface area contributed by atoms with Crippen molar-refractivity contribution in [2.75, 3.05) is 20.2 Å². The van der Waals surface area contributed by atoms with Gasteiger partial charge in [0.05, 0.1) is 17.0 Å². The van der Waals surface area contributed by atoms with E-state index in [4.69, 9.17) is 13.9 Å². The van der Waals surface area contributed by atoms with Crippen LogP contribution in [-0.4, -0.2) is 42.0 Å². The molecular formula is C21H18N2O6. The maximum Gasteiger partial charge on any atom is 0.289 e. The van der Waals surface area contributed by atoms with Crippen molar-refractivity contribution < 1.29 is 23.6 Å². The summed E-state index contributed by atoms with van der Waals surface area (Å²) in [5, 5.41) is 11.2. The molecule has 2 aromatic carbocycles. The summed E-state index contributed by atoms with van der Waals surface area (Å²) >= 11 is 0. The number of rotatable bonds is 5. The number of fused-ring (bicyclic) bond motifs is 1. The quantitative estimate of drug-likeness (QED) is 0.483. The fourth-order valence-corrected chi connectivity index (χ4v) is 3.17. The number of amides is 1. The summed E-state index contributed by atoms with van der Waals surface area (Å²) in [5.74, 6) is 1.33. The Bertz CT molecular complexity index is 1060. The van der Waals surface area contributed by atoms with Gasteiger partial charge < -0.3 is 18.8 Å². The molecule has 8 nitrogen and oxygen atoms in total. The van der Waals surface area contributed by atoms with Gasteiger partial charge in [-0.2, -0.15) is 0 Å². The summed E-state index contributed by atoms with van der Waals surface area (Å²) in [6, 6.07) is 16.7. The van der Waals surface area contributed by atoms with Crippen LogP contribution >= 0.6 is 0 Å². The summed E-state index contributed by atoms with van der Waals surface area (Å²) in [4.78, 5) is 24.9. The van der Waals surface area contributed by atoms with Gasteiger partial charge in [-0.3, -0.25) is 14.9 Å². The van der Waals surface area contributed by atoms with Crippen LogP contribution in [0.2, 0.25) is 0 Å². The monoisotopic (exact) mass is 394 g/mol. The van der Waals surface area contributed by atoms with Gasteiger partial charge in [0.2, 0.25) is 0 Å². The summed E-state index contributed by atoms with van der Waals surface area (Å²) in [6.45, 7) is 0.628. The van der Waals surface area contributed by atoms with Crippen molar-refractivity contribution in [3.63, 3.8) is 0 Å². The van der Waals surface area contributed by atoms with E-state index >= 15 is 0 Å². The normalized spacial score (nSPS) is 15.0. The number of ether oxygens (including phenoxy) is 2. The molecule has 29 heavy (non-hydrogen) atoms. The second-order valence-electron chi connectivity index (χ2n) is 6.62. The number of nitrogens with zero attached hydrogens (tertiary/aromatic N) is 2. The lowest BCUT2D eigenvalue weighted by Crippen LogP contribution is -2.41. The lowest BCUT2D eigenvalue weighted by atomic mass is 10.1. The van der Waals surface area contributed by atoms with Crippen LogP contribution in [0.25, 0.3) is 11.3 Å². The fraction of sp³-hybridized carbons (Fsp3) is 0.190. The largest absolute Gasteiger partial charge is 0.486 e. The van der Waals surface area contributed by atoms with E-state index in [0.717, 1.165) is 0 Å². The molecule has 0 fully saturated rings. The maximum absolute atomic E-state index is 12.7. The minimum Gasteiger partial charge on any atom is -0.486 e. The predicted molar refractivity (Wildman–Crippen MR) is 104 cm³/mol. The first-order valence-corrected chi connectivity index (χ1v) is 9.00. The lowest BCUT2D eigenvalue weighted by Gasteiger charge is -2.29. The highest BCUT2D eigenvalue weighted by atomic mass is 16.6. The summed E-state index contributed by atoms with van der Waals surface area (Å²) in [7, 11) is 1.64. The second kappa shape index (κ2) is 7.67. The van der Waals surface area contributed by atoms with Gasteiger partial charge in [-0.1, -0.05) is 24.3 Å². The Hall–Kier alpha value is -3.81. The first kappa shape index (κ1) is 18.5. The third-order valence-electron chi connectivity index (χ3n) is 4.57. The zero-order valence-electron chi connectivity index (χ0n) is 15.6. The van der Waals surface area contributed by atoms with Gasteiger partial charge in [-0.05, 0) is 30.3 Å². The molecule has 0 N–H and O–H groups in total. The molecular weight excluding hydrogens is 376 g/mol. The molecule has 1 unspecified atom stereocenters. The third-order valence-corrected chi connectivity index (χ3v) is 4.57. The number of carbonyl (C=O) groups is 1. The Morgan fingerprint density at radius 3 is 2.62 bits per heavy atom. The average Bonchev–Trinajstić information content (AvgIpc) is 3.23. The van der Waals surface area contributed by atoms with E-state index in [1.54, 1.807) is 31.3 Å². The number of para-hydroxylation sites is 3. The van der Waals surface area contributed by atoms with Crippen LogP contribution in [-0.2, 0) is 0 Å². The topological polar surface area (TPSA) is 95.0 Å². The van der Waals surface area contributed by atoms with Crippen molar-refractivity contribution in [2.45, 2.75) is 6.10 Å². The first-order valence-electron chi connectivity index (χ1n) is 9.00. The van der Waals surface area contributed by atoms with Gasteiger partial charge >= 0.3 is 0 Å². The number of carbonyl (C=O) groups excluding carboxylic acids is 1. The minimum atomic E-state index is -0.482. The van der Waals surface area contributed by atoms with E-state index in [2.05, 4.69) is 0 Å². The van der Waals surface area contributed by atoms with Crippen molar-refractivity contribution in [3.8, 4) is 22.8 Å². The van der Waals surface area contributed by atoms with Crippen LogP contribution in [0.4, 0.5) is 5.69 Å². The van der Waals surface area contributed by atoms with Crippen LogP contribution < -0.4 is 9.47 Å². The van der Waals surface area contributed by atoms with Crippen molar-refractivity contribution in [1.82, 2.24) is 4.90 Å². The van der Waals surface area contributed by atoms with E-state index in [9.17, 15) is 14.9 Å². The number of likely N-dealkylation sites (N-methyl/N-ethyl adjacent to an activating group) is 1. The highest BCUT2D eigenvalue weighted by Crippen LogP contribution is 2.32. The van der Waals surface area contributed by atoms with Crippen LogP contribution in [0.1, 0.15) is 10.6 Å². The number of nitro benzene ring substituents is 1. The molecule has 0 spiro atoms. The van der Waals surface area contributed by atoms with Crippen LogP contribution in [0.5, 0.6) is 11.5 Å². The van der Waals surface area contributed by atoms with Gasteiger partial charge in [0.1, 0.15) is 12.4 Å². The van der Waals surface area contributed by atoms with Crippen molar-refractivity contribution in [3.05, 3.63) is 76.5 Å². The van der Waals surface area contributed by atoms with Gasteiger partial charge in [0.15, 0.2) is 23.4 Å². The number of hydrogen-bond donors (Lipinski definition) is 0. The zero-order chi connectivity index (χ0) is 20.4. The Balaban J connectivity index is 1.46. The molecule has 3 aromatic rings. The van der Waals surface area contributed by atoms with E-state index < -0.39 is 4.92 Å². The van der Waals surface area contributed by atoms with Crippen LogP contribution in [0, 0.1) is 10.1 Å². The lowest BCUT2D eigenvalue weighted by molar-refractivity contribution is -0.384. The highest BCUT2D eigenvalue weighted by Gasteiger charge is 2.26. The molecule has 2 heterocycles. The summed E-state index contributed by atoms with van der Waals surface area (Å²) in [6.07, 6.45) is -0.316. The zero-order valence-corrected chi connectivity index (χ0v) is 15.6. The van der Waals surface area contributed by atoms with Gasteiger partial charge in [0, 0.05) is 13.1 Å². The molecule has 4 rings (SSSR count). The summed E-state index contributed by atoms with van der Waals surface area (Å²) in [5.41, 5.74) is 0.237. The number of hydrogen-bond acceptors (Lipinski definition) is 6. The van der Waals surface area contributed by atoms with Gasteiger partial charge in [-0.25, -0.2) is 0 Å². The Morgan fingerprint density at radius 2 is 1.83 bits per heavy atom. The maximum atomic E-state index is 12.7. The predicted octanol–water partition coefficient (Wildman–Crippen LogP) is 3.77. The molecule has 0 aliphatic carbocycles. The molecule has 0 bridgehead atoms. The van der Waals surface area contributed by atoms with Crippen LogP contribution in [0.3, 0.4) is 0 Å². The second-order valence-corrected chi connectivity index (χ2v) is 6.62. The molecule has 0 saturated heterocycles. The molecule has 1 aliphatic heterocycles. The minimum absolute atomic E-state index is 0.0828. The third kappa shape index (κ3) is 3.77. The van der Waals surface area contributed by atoms with Crippen molar-refractivity contribution >= 4 is 11.6 Å². The number of furan rings is 1. The Morgan fingerprint density at radius 1 is 1.10 bits per heavy atom. The molecule has 1 atom stereocenters. The van der Waals surface area contributed by atoms with Crippen LogP contribution in [0.15, 0.2) is 65.1 Å². The van der Waals surface area contributed by atoms with E-state index in [1.807, 2.05) is 24.3 Å². The average molecular weight is 394 g/mol. The molecule has 1 amide bonds. The standard InChI is InChI=1S/C21H18N2O6/c1-22(12-14-13-27-18-8-4-5-9-19(18)28-14)21(24)20-11-10-17(29-20)15-6-2-3-7-16(15)23(25)26/h2-11,14H,12-13H2,1H3. The number of nitro groups is 1. The molecule has 8 heteroatoms. The fourth-order valence-electron chi connectivity index (χ4n) is 3.17. The van der Waals surface area contributed by atoms with Gasteiger partial charge in [0.25, 0.3) is 11.6 Å². The SMILES string of the molecule is CN(CC1COc2ccccc2O1)C(=O)c1ccc(-c2ccccc2[N+](=O)[O-])o1. The smallest absolute Gasteiger partial charge is 0.289 e. The molecule has 148 valence electrons. The Kier molecular flexibility index (Phi) is 4.90. The highest BCUT2D eigenvalue weighted by molar-refractivity contribution is 5.92. The molecule has 1 aliphatic rings. The van der Waals surface area contributed by atoms with Gasteiger partial charge in [-0.15, -0.1) is 0 Å². The molecule has 0 radical (unpaired) electrons. The summed E-state index contributed by atoms with van der Waals surface area (Å²) < 4.78 is 17.2. The first-order chi connectivity index (χ1) is 14.0. The molecule has 1 aromatic heterocycles. The van der Waals surface area contributed by atoms with Crippen molar-refractivity contribution in [1.29, 1.82) is 0 Å². The van der Waals surface area contributed by atoms with Crippen molar-refractivity contribution in [2.24, 2.45) is 0 Å². The van der Waals surface area contributed by atoms with E-state index in [1.165, 1.54) is 17.0 Å². The van der Waals surface area contributed by atoms with E-state index in [-0.39, 0.29) is 29.2 Å². The van der Waals surface area contributed by atoms with E-state index in [0.29, 0.717) is 30.2 Å².